The zero-order valence-electron chi connectivity index (χ0n) is 9.40. The van der Waals surface area contributed by atoms with E-state index >= 15 is 0 Å². The molecule has 0 fully saturated rings. The van der Waals surface area contributed by atoms with Gasteiger partial charge in [0.15, 0.2) is 11.5 Å². The first-order valence-electron chi connectivity index (χ1n) is 5.53. The third-order valence-electron chi connectivity index (χ3n) is 2.47. The highest BCUT2D eigenvalue weighted by atomic mass is 16.7. The van der Waals surface area contributed by atoms with Crippen molar-refractivity contribution < 1.29 is 14.6 Å². The zero-order valence-corrected chi connectivity index (χ0v) is 9.40. The van der Waals surface area contributed by atoms with Crippen LogP contribution in [0.1, 0.15) is 12.5 Å². The fourth-order valence-electron chi connectivity index (χ4n) is 1.64. The van der Waals surface area contributed by atoms with E-state index in [0.29, 0.717) is 13.3 Å². The maximum Gasteiger partial charge on any atom is 0.231 e. The summed E-state index contributed by atoms with van der Waals surface area (Å²) in [5, 5.41) is 12.3. The molecule has 0 aromatic heterocycles. The summed E-state index contributed by atoms with van der Waals surface area (Å²) in [6.45, 7) is 3.57. The highest BCUT2D eigenvalue weighted by molar-refractivity contribution is 5.44. The number of aliphatic hydroxyl groups excluding tert-OH is 1. The first-order chi connectivity index (χ1) is 7.75. The van der Waals surface area contributed by atoms with E-state index in [9.17, 15) is 0 Å². The summed E-state index contributed by atoms with van der Waals surface area (Å²) in [4.78, 5) is 0. The molecule has 0 aliphatic carbocycles. The number of ether oxygens (including phenoxy) is 2. The third kappa shape index (κ3) is 2.87. The predicted molar refractivity (Wildman–Crippen MR) is 60.8 cm³/mol. The van der Waals surface area contributed by atoms with Crippen molar-refractivity contribution >= 4 is 0 Å². The largest absolute Gasteiger partial charge is 0.454 e. The van der Waals surface area contributed by atoms with Crippen LogP contribution >= 0.6 is 0 Å². The first-order valence-corrected chi connectivity index (χ1v) is 5.53. The van der Waals surface area contributed by atoms with Crippen LogP contribution in [-0.4, -0.2) is 31.1 Å². The van der Waals surface area contributed by atoms with Gasteiger partial charge in [-0.3, -0.25) is 0 Å². The number of aliphatic hydroxyl groups is 1. The second kappa shape index (κ2) is 5.18. The molecule has 1 aromatic rings. The number of benzene rings is 1. The molecule has 2 N–H and O–H groups in total. The maximum atomic E-state index is 9.08. The van der Waals surface area contributed by atoms with E-state index in [0.717, 1.165) is 24.5 Å². The Labute approximate surface area is 95.2 Å². The van der Waals surface area contributed by atoms with E-state index < -0.39 is 0 Å². The topological polar surface area (TPSA) is 50.7 Å². The highest BCUT2D eigenvalue weighted by Crippen LogP contribution is 2.32. The first kappa shape index (κ1) is 11.2. The van der Waals surface area contributed by atoms with Gasteiger partial charge in [-0.05, 0) is 37.6 Å². The van der Waals surface area contributed by atoms with Gasteiger partial charge in [-0.2, -0.15) is 0 Å². The molecule has 0 amide bonds. The lowest BCUT2D eigenvalue weighted by atomic mass is 10.1. The lowest BCUT2D eigenvalue weighted by Gasteiger charge is -2.07. The van der Waals surface area contributed by atoms with Gasteiger partial charge in [-0.1, -0.05) is 6.07 Å². The monoisotopic (exact) mass is 223 g/mol. The van der Waals surface area contributed by atoms with Crippen LogP contribution in [0.5, 0.6) is 11.5 Å². The third-order valence-corrected chi connectivity index (χ3v) is 2.47. The second-order valence-corrected chi connectivity index (χ2v) is 3.99. The van der Waals surface area contributed by atoms with E-state index in [2.05, 4.69) is 5.32 Å². The molecule has 1 atom stereocenters. The van der Waals surface area contributed by atoms with Crippen LogP contribution < -0.4 is 14.8 Å². The molecule has 1 unspecified atom stereocenters. The van der Waals surface area contributed by atoms with Gasteiger partial charge in [0, 0.05) is 6.54 Å². The molecule has 0 radical (unpaired) electrons. The van der Waals surface area contributed by atoms with Crippen LogP contribution in [0, 0.1) is 0 Å². The normalized spacial score (nSPS) is 15.1. The Morgan fingerprint density at radius 2 is 2.19 bits per heavy atom. The number of hydrogen-bond acceptors (Lipinski definition) is 4. The fourth-order valence-corrected chi connectivity index (χ4v) is 1.64. The molecular weight excluding hydrogens is 206 g/mol. The van der Waals surface area contributed by atoms with Crippen molar-refractivity contribution in [3.8, 4) is 11.5 Å². The van der Waals surface area contributed by atoms with Crippen molar-refractivity contribution in [2.75, 3.05) is 19.9 Å². The summed E-state index contributed by atoms with van der Waals surface area (Å²) >= 11 is 0. The Morgan fingerprint density at radius 1 is 1.38 bits per heavy atom. The molecule has 88 valence electrons. The summed E-state index contributed by atoms with van der Waals surface area (Å²) in [5.74, 6) is 1.65. The van der Waals surface area contributed by atoms with Gasteiger partial charge >= 0.3 is 0 Å². The van der Waals surface area contributed by atoms with Crippen molar-refractivity contribution in [3.63, 3.8) is 0 Å². The van der Waals surface area contributed by atoms with Crippen LogP contribution in [0.4, 0.5) is 0 Å². The quantitative estimate of drug-likeness (QED) is 0.729. The predicted octanol–water partition coefficient (Wildman–Crippen LogP) is 0.928. The lowest BCUT2D eigenvalue weighted by Crippen LogP contribution is -2.26. The van der Waals surface area contributed by atoms with Crippen molar-refractivity contribution in [1.29, 1.82) is 0 Å². The number of rotatable bonds is 5. The average Bonchev–Trinajstić information content (AvgIpc) is 2.71. The van der Waals surface area contributed by atoms with Crippen LogP contribution in [0.2, 0.25) is 0 Å². The molecular formula is C12H17NO3. The van der Waals surface area contributed by atoms with Gasteiger partial charge in [0.1, 0.15) is 0 Å². The SMILES string of the molecule is CC(O)CNCCc1ccc2c(c1)OCO2. The summed E-state index contributed by atoms with van der Waals surface area (Å²) in [6, 6.07) is 5.98. The highest BCUT2D eigenvalue weighted by Gasteiger charge is 2.12. The molecule has 16 heavy (non-hydrogen) atoms. The standard InChI is InChI=1S/C12H17NO3/c1-9(14)7-13-5-4-10-2-3-11-12(6-10)16-8-15-11/h2-3,6,9,13-14H,4-5,7-8H2,1H3. The minimum Gasteiger partial charge on any atom is -0.454 e. The molecule has 1 aromatic carbocycles. The Kier molecular flexibility index (Phi) is 3.64. The molecule has 0 saturated carbocycles. The molecule has 0 saturated heterocycles. The van der Waals surface area contributed by atoms with E-state index in [1.165, 1.54) is 5.56 Å². The smallest absolute Gasteiger partial charge is 0.231 e. The summed E-state index contributed by atoms with van der Waals surface area (Å²) in [5.41, 5.74) is 1.21. The molecule has 0 spiro atoms. The van der Waals surface area contributed by atoms with Crippen molar-refractivity contribution in [2.45, 2.75) is 19.4 Å². The summed E-state index contributed by atoms with van der Waals surface area (Å²) < 4.78 is 10.5. The molecule has 4 heteroatoms. The Balaban J connectivity index is 1.81. The molecule has 0 bridgehead atoms. The molecule has 2 rings (SSSR count). The van der Waals surface area contributed by atoms with Crippen molar-refractivity contribution in [3.05, 3.63) is 23.8 Å². The maximum absolute atomic E-state index is 9.08. The zero-order chi connectivity index (χ0) is 11.4. The summed E-state index contributed by atoms with van der Waals surface area (Å²) in [7, 11) is 0. The van der Waals surface area contributed by atoms with E-state index in [4.69, 9.17) is 14.6 Å². The molecule has 1 aliphatic heterocycles. The molecule has 1 aliphatic rings. The molecule has 4 nitrogen and oxygen atoms in total. The number of nitrogens with one attached hydrogen (secondary N) is 1. The Hall–Kier alpha value is -1.26. The Bertz CT molecular complexity index is 352. The fraction of sp³-hybridized carbons (Fsp3) is 0.500. The molecule has 1 heterocycles. The van der Waals surface area contributed by atoms with E-state index in [-0.39, 0.29) is 6.10 Å². The van der Waals surface area contributed by atoms with Crippen LogP contribution in [0.25, 0.3) is 0 Å². The lowest BCUT2D eigenvalue weighted by molar-refractivity contribution is 0.174. The minimum absolute atomic E-state index is 0.295. The van der Waals surface area contributed by atoms with Crippen LogP contribution in [0.3, 0.4) is 0 Å². The Morgan fingerprint density at radius 3 is 3.00 bits per heavy atom. The average molecular weight is 223 g/mol. The summed E-state index contributed by atoms with van der Waals surface area (Å²) in [6.07, 6.45) is 0.625. The van der Waals surface area contributed by atoms with Gasteiger partial charge < -0.3 is 19.9 Å². The van der Waals surface area contributed by atoms with Gasteiger partial charge in [0.25, 0.3) is 0 Å². The van der Waals surface area contributed by atoms with E-state index in [1.54, 1.807) is 6.92 Å². The number of hydrogen-bond donors (Lipinski definition) is 2. The van der Waals surface area contributed by atoms with Gasteiger partial charge in [0.2, 0.25) is 6.79 Å². The number of fused-ring (bicyclic) bond motifs is 1. The van der Waals surface area contributed by atoms with E-state index in [1.807, 2.05) is 18.2 Å². The van der Waals surface area contributed by atoms with Gasteiger partial charge in [-0.15, -0.1) is 0 Å². The van der Waals surface area contributed by atoms with Gasteiger partial charge in [0.05, 0.1) is 6.10 Å². The van der Waals surface area contributed by atoms with Crippen LogP contribution in [-0.2, 0) is 6.42 Å². The van der Waals surface area contributed by atoms with Crippen LogP contribution in [0.15, 0.2) is 18.2 Å². The second-order valence-electron chi connectivity index (χ2n) is 3.99. The van der Waals surface area contributed by atoms with Crippen molar-refractivity contribution in [1.82, 2.24) is 5.32 Å². The minimum atomic E-state index is -0.295. The van der Waals surface area contributed by atoms with Gasteiger partial charge in [-0.25, -0.2) is 0 Å². The van der Waals surface area contributed by atoms with Crippen molar-refractivity contribution in [2.24, 2.45) is 0 Å².